The zero-order valence-corrected chi connectivity index (χ0v) is 24.8. The third kappa shape index (κ3) is 5.18. The Morgan fingerprint density at radius 2 is 1.60 bits per heavy atom. The summed E-state index contributed by atoms with van der Waals surface area (Å²) < 4.78 is 2.10. The lowest BCUT2D eigenvalue weighted by atomic mass is 9.87. The molecule has 0 radical (unpaired) electrons. The number of nitrogens with one attached hydrogen (secondary N) is 1. The molecular weight excluding hydrogens is 516 g/mol. The Morgan fingerprint density at radius 3 is 2.31 bits per heavy atom. The van der Waals surface area contributed by atoms with Gasteiger partial charge in [0.05, 0.1) is 22.3 Å². The van der Waals surface area contributed by atoms with Crippen molar-refractivity contribution in [3.05, 3.63) is 125 Å². The van der Waals surface area contributed by atoms with Crippen LogP contribution in [0, 0.1) is 5.92 Å². The molecule has 0 saturated carbocycles. The van der Waals surface area contributed by atoms with E-state index in [-0.39, 0.29) is 10.8 Å². The minimum atomic E-state index is -0.308. The van der Waals surface area contributed by atoms with Gasteiger partial charge in [-0.15, -0.1) is 0 Å². The Hall–Kier alpha value is -4.77. The molecule has 0 aliphatic rings. The van der Waals surface area contributed by atoms with Crippen LogP contribution in [0.25, 0.3) is 50.5 Å². The number of benzene rings is 3. The molecule has 0 atom stereocenters. The molecule has 210 valence electrons. The van der Waals surface area contributed by atoms with E-state index in [9.17, 15) is 4.79 Å². The molecule has 0 bridgehead atoms. The quantitative estimate of drug-likeness (QED) is 0.225. The van der Waals surface area contributed by atoms with Crippen LogP contribution in [0.15, 0.2) is 108 Å². The van der Waals surface area contributed by atoms with Gasteiger partial charge in [0.1, 0.15) is 0 Å². The highest BCUT2D eigenvalue weighted by Crippen LogP contribution is 2.36. The van der Waals surface area contributed by atoms with E-state index in [0.717, 1.165) is 51.1 Å². The van der Waals surface area contributed by atoms with E-state index in [1.54, 1.807) is 6.20 Å². The topological polar surface area (TPSA) is 63.6 Å². The SMILES string of the molecule is CC(C)Cc1cc(-c2ccccn2)cc(-c2cccc3c2nc(-c2c[nH]cc(C(C)(C)C)c2=O)n3-c2ccccc2)c1. The smallest absolute Gasteiger partial charge is 0.196 e. The first-order chi connectivity index (χ1) is 20.2. The van der Waals surface area contributed by atoms with Gasteiger partial charge in [0, 0.05) is 41.0 Å². The van der Waals surface area contributed by atoms with Crippen LogP contribution in [0.2, 0.25) is 0 Å². The standard InChI is InChI=1S/C37H36N4O/c1-24(2)18-25-19-26(21-27(20-25)32-15-9-10-17-39-32)29-14-11-16-33-34(29)40-36(41(33)28-12-7-6-8-13-28)30-22-38-23-31(35(30)42)37(3,4)5/h6-17,19-24H,18H2,1-5H3,(H,38,42). The van der Waals surface area contributed by atoms with E-state index in [0.29, 0.717) is 17.3 Å². The Balaban J connectivity index is 1.64. The first kappa shape index (κ1) is 27.4. The molecule has 3 heterocycles. The van der Waals surface area contributed by atoms with E-state index in [4.69, 9.17) is 4.98 Å². The van der Waals surface area contributed by atoms with Crippen molar-refractivity contribution in [2.75, 3.05) is 0 Å². The van der Waals surface area contributed by atoms with Crippen molar-refractivity contribution in [2.24, 2.45) is 5.92 Å². The summed E-state index contributed by atoms with van der Waals surface area (Å²) in [5.41, 5.74) is 9.11. The highest BCUT2D eigenvalue weighted by Gasteiger charge is 2.24. The fourth-order valence-corrected chi connectivity index (χ4v) is 5.68. The Bertz CT molecular complexity index is 1930. The van der Waals surface area contributed by atoms with E-state index in [2.05, 4.69) is 104 Å². The second-order valence-electron chi connectivity index (χ2n) is 12.4. The van der Waals surface area contributed by atoms with Crippen molar-refractivity contribution in [3.8, 4) is 39.5 Å². The number of pyridine rings is 2. The maximum Gasteiger partial charge on any atom is 0.196 e. The summed E-state index contributed by atoms with van der Waals surface area (Å²) in [5, 5.41) is 0. The minimum Gasteiger partial charge on any atom is -0.366 e. The summed E-state index contributed by atoms with van der Waals surface area (Å²) in [5.74, 6) is 1.14. The summed E-state index contributed by atoms with van der Waals surface area (Å²) in [6.45, 7) is 10.7. The third-order valence-electron chi connectivity index (χ3n) is 7.60. The molecule has 3 aromatic heterocycles. The maximum atomic E-state index is 13.9. The molecule has 0 aliphatic heterocycles. The van der Waals surface area contributed by atoms with Crippen LogP contribution in [0.4, 0.5) is 0 Å². The molecule has 0 unspecified atom stereocenters. The van der Waals surface area contributed by atoms with Crippen LogP contribution in [0.5, 0.6) is 0 Å². The number of hydrogen-bond acceptors (Lipinski definition) is 3. The highest BCUT2D eigenvalue weighted by molar-refractivity contribution is 5.96. The van der Waals surface area contributed by atoms with E-state index in [1.807, 2.05) is 42.7 Å². The zero-order valence-electron chi connectivity index (χ0n) is 24.8. The van der Waals surface area contributed by atoms with Crippen molar-refractivity contribution in [1.29, 1.82) is 0 Å². The summed E-state index contributed by atoms with van der Waals surface area (Å²) in [4.78, 5) is 27.0. The first-order valence-corrected chi connectivity index (χ1v) is 14.6. The van der Waals surface area contributed by atoms with E-state index < -0.39 is 0 Å². The monoisotopic (exact) mass is 552 g/mol. The van der Waals surface area contributed by atoms with Crippen molar-refractivity contribution in [1.82, 2.24) is 19.5 Å². The number of fused-ring (bicyclic) bond motifs is 1. The molecule has 0 spiro atoms. The molecule has 5 nitrogen and oxygen atoms in total. The zero-order chi connectivity index (χ0) is 29.4. The summed E-state index contributed by atoms with van der Waals surface area (Å²) >= 11 is 0. The van der Waals surface area contributed by atoms with Gasteiger partial charge in [0.25, 0.3) is 0 Å². The molecule has 6 aromatic rings. The molecule has 5 heteroatoms. The lowest BCUT2D eigenvalue weighted by Gasteiger charge is -2.18. The average Bonchev–Trinajstić information content (AvgIpc) is 3.36. The Labute approximate surface area is 247 Å². The molecule has 0 aliphatic carbocycles. The lowest BCUT2D eigenvalue weighted by Crippen LogP contribution is -2.24. The van der Waals surface area contributed by atoms with Gasteiger partial charge in [-0.2, -0.15) is 0 Å². The van der Waals surface area contributed by atoms with E-state index in [1.165, 1.54) is 5.56 Å². The van der Waals surface area contributed by atoms with Crippen molar-refractivity contribution < 1.29 is 0 Å². The van der Waals surface area contributed by atoms with Gasteiger partial charge in [-0.05, 0) is 71.3 Å². The number of aromatic nitrogens is 4. The second-order valence-corrected chi connectivity index (χ2v) is 12.4. The fourth-order valence-electron chi connectivity index (χ4n) is 5.68. The number of H-pyrrole nitrogens is 1. The Morgan fingerprint density at radius 1 is 0.833 bits per heavy atom. The molecule has 3 aromatic carbocycles. The molecule has 1 N–H and O–H groups in total. The maximum absolute atomic E-state index is 13.9. The number of para-hydroxylation sites is 2. The molecule has 0 amide bonds. The van der Waals surface area contributed by atoms with Gasteiger partial charge in [0.2, 0.25) is 0 Å². The largest absolute Gasteiger partial charge is 0.366 e. The van der Waals surface area contributed by atoms with Crippen molar-refractivity contribution in [3.63, 3.8) is 0 Å². The van der Waals surface area contributed by atoms with Crippen LogP contribution in [0.3, 0.4) is 0 Å². The summed E-state index contributed by atoms with van der Waals surface area (Å²) in [6, 6.07) is 29.2. The summed E-state index contributed by atoms with van der Waals surface area (Å²) in [6.07, 6.45) is 6.39. The Kier molecular flexibility index (Phi) is 7.11. The fraction of sp³-hybridized carbons (Fsp3) is 0.216. The molecule has 0 saturated heterocycles. The van der Waals surface area contributed by atoms with Crippen molar-refractivity contribution >= 4 is 11.0 Å². The molecule has 6 rings (SSSR count). The number of rotatable bonds is 6. The van der Waals surface area contributed by atoms with Crippen molar-refractivity contribution in [2.45, 2.75) is 46.5 Å². The van der Waals surface area contributed by atoms with Crippen LogP contribution in [0.1, 0.15) is 45.7 Å². The number of hydrogen-bond donors (Lipinski definition) is 1. The third-order valence-corrected chi connectivity index (χ3v) is 7.60. The van der Waals surface area contributed by atoms with Crippen LogP contribution in [-0.4, -0.2) is 19.5 Å². The van der Waals surface area contributed by atoms with Gasteiger partial charge in [-0.3, -0.25) is 14.3 Å². The lowest BCUT2D eigenvalue weighted by molar-refractivity contribution is 0.583. The van der Waals surface area contributed by atoms with E-state index >= 15 is 0 Å². The minimum absolute atomic E-state index is 0.00773. The molecular formula is C37H36N4O. The van der Waals surface area contributed by atoms with Gasteiger partial charge in [-0.1, -0.05) is 77.1 Å². The number of nitrogens with zero attached hydrogens (tertiary/aromatic N) is 3. The van der Waals surface area contributed by atoms with Gasteiger partial charge in [-0.25, -0.2) is 4.98 Å². The summed E-state index contributed by atoms with van der Waals surface area (Å²) in [7, 11) is 0. The molecule has 42 heavy (non-hydrogen) atoms. The second kappa shape index (κ2) is 10.9. The number of imidazole rings is 1. The predicted molar refractivity (Wildman–Crippen MR) is 173 cm³/mol. The predicted octanol–water partition coefficient (Wildman–Crippen LogP) is 8.61. The van der Waals surface area contributed by atoms with Gasteiger partial charge < -0.3 is 4.98 Å². The molecule has 0 fully saturated rings. The normalized spacial score (nSPS) is 11.9. The number of aromatic amines is 1. The average molecular weight is 553 g/mol. The van der Waals surface area contributed by atoms with Crippen LogP contribution in [-0.2, 0) is 11.8 Å². The highest BCUT2D eigenvalue weighted by atomic mass is 16.1. The van der Waals surface area contributed by atoms with Gasteiger partial charge >= 0.3 is 0 Å². The van der Waals surface area contributed by atoms with Gasteiger partial charge in [0.15, 0.2) is 11.3 Å². The first-order valence-electron chi connectivity index (χ1n) is 14.6. The van der Waals surface area contributed by atoms with Crippen LogP contribution >= 0.6 is 0 Å². The van der Waals surface area contributed by atoms with Crippen LogP contribution < -0.4 is 5.43 Å².